The fourth-order valence-electron chi connectivity index (χ4n) is 2.82. The summed E-state index contributed by atoms with van der Waals surface area (Å²) in [5.41, 5.74) is 0. The first-order valence-corrected chi connectivity index (χ1v) is 7.40. The second kappa shape index (κ2) is 9.05. The standard InChI is InChI=1S/C16H22O8/c1-21-13(17)11(14(18)22-2)9-5-7-10(8-6-9)12(15(19)23-3)16(20)24-4/h5,7,9-12H,6,8H2,1-4H3/t9-,10-/m0/s1. The van der Waals surface area contributed by atoms with Crippen LogP contribution in [-0.2, 0) is 38.1 Å². The van der Waals surface area contributed by atoms with E-state index in [1.54, 1.807) is 12.2 Å². The Morgan fingerprint density at radius 3 is 1.08 bits per heavy atom. The Kier molecular flexibility index (Phi) is 7.41. The van der Waals surface area contributed by atoms with Crippen molar-refractivity contribution in [3.63, 3.8) is 0 Å². The smallest absolute Gasteiger partial charge is 0.320 e. The quantitative estimate of drug-likeness (QED) is 0.297. The zero-order valence-electron chi connectivity index (χ0n) is 14.1. The van der Waals surface area contributed by atoms with Gasteiger partial charge in [0.1, 0.15) is 0 Å². The first kappa shape index (κ1) is 19.7. The molecule has 134 valence electrons. The molecule has 0 amide bonds. The lowest BCUT2D eigenvalue weighted by molar-refractivity contribution is -0.164. The molecule has 0 aliphatic heterocycles. The summed E-state index contributed by atoms with van der Waals surface area (Å²) in [6.45, 7) is 0. The summed E-state index contributed by atoms with van der Waals surface area (Å²) in [6.07, 6.45) is 4.07. The zero-order valence-corrected chi connectivity index (χ0v) is 14.1. The zero-order chi connectivity index (χ0) is 18.3. The van der Waals surface area contributed by atoms with Crippen molar-refractivity contribution in [1.29, 1.82) is 0 Å². The van der Waals surface area contributed by atoms with Gasteiger partial charge in [0, 0.05) is 11.8 Å². The molecule has 0 aromatic carbocycles. The number of hydrogen-bond acceptors (Lipinski definition) is 8. The largest absolute Gasteiger partial charge is 0.468 e. The van der Waals surface area contributed by atoms with Crippen LogP contribution >= 0.6 is 0 Å². The van der Waals surface area contributed by atoms with Gasteiger partial charge in [-0.05, 0) is 12.8 Å². The van der Waals surface area contributed by atoms with E-state index in [1.807, 2.05) is 0 Å². The van der Waals surface area contributed by atoms with Crippen molar-refractivity contribution in [1.82, 2.24) is 0 Å². The second-order valence-electron chi connectivity index (χ2n) is 5.34. The second-order valence-corrected chi connectivity index (χ2v) is 5.34. The molecule has 24 heavy (non-hydrogen) atoms. The van der Waals surface area contributed by atoms with Crippen molar-refractivity contribution in [3.8, 4) is 0 Å². The Balaban J connectivity index is 2.97. The topological polar surface area (TPSA) is 105 Å². The molecule has 2 atom stereocenters. The molecule has 1 aliphatic carbocycles. The molecular weight excluding hydrogens is 320 g/mol. The van der Waals surface area contributed by atoms with Crippen molar-refractivity contribution in [2.75, 3.05) is 28.4 Å². The molecule has 8 heteroatoms. The van der Waals surface area contributed by atoms with Gasteiger partial charge >= 0.3 is 23.9 Å². The van der Waals surface area contributed by atoms with E-state index in [0.29, 0.717) is 12.8 Å². The van der Waals surface area contributed by atoms with E-state index in [2.05, 4.69) is 18.9 Å². The maximum Gasteiger partial charge on any atom is 0.320 e. The van der Waals surface area contributed by atoms with E-state index in [0.717, 1.165) is 0 Å². The molecule has 0 fully saturated rings. The molecule has 0 unspecified atom stereocenters. The first-order chi connectivity index (χ1) is 11.4. The van der Waals surface area contributed by atoms with Crippen LogP contribution in [0.2, 0.25) is 0 Å². The van der Waals surface area contributed by atoms with Crippen molar-refractivity contribution >= 4 is 23.9 Å². The van der Waals surface area contributed by atoms with E-state index in [4.69, 9.17) is 0 Å². The van der Waals surface area contributed by atoms with Crippen molar-refractivity contribution in [3.05, 3.63) is 12.2 Å². The van der Waals surface area contributed by atoms with Gasteiger partial charge in [-0.3, -0.25) is 19.2 Å². The Morgan fingerprint density at radius 2 is 0.917 bits per heavy atom. The van der Waals surface area contributed by atoms with Crippen LogP contribution in [-0.4, -0.2) is 52.3 Å². The predicted molar refractivity (Wildman–Crippen MR) is 80.4 cm³/mol. The molecule has 0 saturated heterocycles. The highest BCUT2D eigenvalue weighted by Gasteiger charge is 2.41. The number of allylic oxidation sites excluding steroid dienone is 2. The summed E-state index contributed by atoms with van der Waals surface area (Å²) in [6, 6.07) is 0. The van der Waals surface area contributed by atoms with Crippen LogP contribution < -0.4 is 0 Å². The summed E-state index contributed by atoms with van der Waals surface area (Å²) in [5.74, 6) is -5.77. The number of carbonyl (C=O) groups excluding carboxylic acids is 4. The SMILES string of the molecule is COC(=O)C(C(=O)OC)[C@H]1C=C[C@H](C(C(=O)OC)C(=O)OC)CC1. The molecule has 0 bridgehead atoms. The molecule has 1 rings (SSSR count). The van der Waals surface area contributed by atoms with Crippen LogP contribution in [0, 0.1) is 23.7 Å². The molecule has 0 N–H and O–H groups in total. The number of methoxy groups -OCH3 is 4. The number of ether oxygens (including phenoxy) is 4. The van der Waals surface area contributed by atoms with E-state index < -0.39 is 47.5 Å². The monoisotopic (exact) mass is 342 g/mol. The van der Waals surface area contributed by atoms with Gasteiger partial charge in [0.2, 0.25) is 0 Å². The fraction of sp³-hybridized carbons (Fsp3) is 0.625. The molecule has 0 aromatic heterocycles. The van der Waals surface area contributed by atoms with Gasteiger partial charge in [0.25, 0.3) is 0 Å². The van der Waals surface area contributed by atoms with E-state index in [-0.39, 0.29) is 0 Å². The number of hydrogen-bond donors (Lipinski definition) is 0. The maximum absolute atomic E-state index is 11.8. The average Bonchev–Trinajstić information content (AvgIpc) is 2.62. The molecule has 0 spiro atoms. The van der Waals surface area contributed by atoms with Gasteiger partial charge in [0.15, 0.2) is 11.8 Å². The minimum Gasteiger partial charge on any atom is -0.468 e. The molecule has 0 saturated carbocycles. The van der Waals surface area contributed by atoms with Crippen molar-refractivity contribution < 1.29 is 38.1 Å². The third-order valence-electron chi connectivity index (χ3n) is 4.12. The highest BCUT2D eigenvalue weighted by atomic mass is 16.5. The predicted octanol–water partition coefficient (Wildman–Crippen LogP) is 0.493. The first-order valence-electron chi connectivity index (χ1n) is 7.40. The molecule has 0 aromatic rings. The van der Waals surface area contributed by atoms with Gasteiger partial charge in [-0.25, -0.2) is 0 Å². The minimum atomic E-state index is -1.08. The van der Waals surface area contributed by atoms with Gasteiger partial charge in [-0.2, -0.15) is 0 Å². The van der Waals surface area contributed by atoms with Crippen LogP contribution in [0.1, 0.15) is 12.8 Å². The Labute approximate surface area is 140 Å². The highest BCUT2D eigenvalue weighted by Crippen LogP contribution is 2.33. The highest BCUT2D eigenvalue weighted by molar-refractivity contribution is 5.96. The van der Waals surface area contributed by atoms with E-state index in [1.165, 1.54) is 28.4 Å². The van der Waals surface area contributed by atoms with E-state index in [9.17, 15) is 19.2 Å². The third kappa shape index (κ3) is 4.33. The van der Waals surface area contributed by atoms with Crippen LogP contribution in [0.5, 0.6) is 0 Å². The average molecular weight is 342 g/mol. The molecule has 0 radical (unpaired) electrons. The Bertz CT molecular complexity index is 446. The van der Waals surface area contributed by atoms with Gasteiger partial charge in [-0.15, -0.1) is 0 Å². The lowest BCUT2D eigenvalue weighted by atomic mass is 9.76. The van der Waals surface area contributed by atoms with Crippen LogP contribution in [0.4, 0.5) is 0 Å². The molecule has 8 nitrogen and oxygen atoms in total. The van der Waals surface area contributed by atoms with Crippen molar-refractivity contribution in [2.24, 2.45) is 23.7 Å². The Morgan fingerprint density at radius 1 is 0.667 bits per heavy atom. The minimum absolute atomic E-state index is 0.403. The third-order valence-corrected chi connectivity index (χ3v) is 4.12. The summed E-state index contributed by atoms with van der Waals surface area (Å²) in [4.78, 5) is 47.3. The molecule has 1 aliphatic rings. The molecular formula is C16H22O8. The summed E-state index contributed by atoms with van der Waals surface area (Å²) in [7, 11) is 4.77. The lowest BCUT2D eigenvalue weighted by Crippen LogP contribution is -2.37. The van der Waals surface area contributed by atoms with Crippen LogP contribution in [0.25, 0.3) is 0 Å². The number of esters is 4. The van der Waals surface area contributed by atoms with Gasteiger partial charge < -0.3 is 18.9 Å². The van der Waals surface area contributed by atoms with Gasteiger partial charge in [0.05, 0.1) is 28.4 Å². The normalized spacial score (nSPS) is 19.8. The van der Waals surface area contributed by atoms with Crippen LogP contribution in [0.15, 0.2) is 12.2 Å². The van der Waals surface area contributed by atoms with Gasteiger partial charge in [-0.1, -0.05) is 12.2 Å². The summed E-state index contributed by atoms with van der Waals surface area (Å²) in [5, 5.41) is 0. The molecule has 0 heterocycles. The van der Waals surface area contributed by atoms with E-state index >= 15 is 0 Å². The lowest BCUT2D eigenvalue weighted by Gasteiger charge is -2.28. The summed E-state index contributed by atoms with van der Waals surface area (Å²) < 4.78 is 18.6. The fourth-order valence-corrected chi connectivity index (χ4v) is 2.82. The van der Waals surface area contributed by atoms with Crippen molar-refractivity contribution in [2.45, 2.75) is 12.8 Å². The summed E-state index contributed by atoms with van der Waals surface area (Å²) >= 11 is 0. The number of rotatable bonds is 6. The van der Waals surface area contributed by atoms with Crippen LogP contribution in [0.3, 0.4) is 0 Å². The maximum atomic E-state index is 11.8. The Hall–Kier alpha value is -2.38. The number of carbonyl (C=O) groups is 4.